The van der Waals surface area contributed by atoms with Crippen LogP contribution in [0.2, 0.25) is 0 Å². The zero-order chi connectivity index (χ0) is 21.1. The van der Waals surface area contributed by atoms with E-state index < -0.39 is 12.0 Å². The lowest BCUT2D eigenvalue weighted by molar-refractivity contribution is -0.125. The fourth-order valence-corrected chi connectivity index (χ4v) is 2.79. The molecule has 1 aromatic rings. The topological polar surface area (TPSA) is 87.7 Å². The van der Waals surface area contributed by atoms with Gasteiger partial charge in [0.1, 0.15) is 0 Å². The number of carbonyl (C=O) groups is 3. The third-order valence-electron chi connectivity index (χ3n) is 4.20. The van der Waals surface area contributed by atoms with Gasteiger partial charge in [-0.1, -0.05) is 45.0 Å². The lowest BCUT2D eigenvalue weighted by atomic mass is 10.00. The molecule has 1 atom stereocenters. The number of alkyl carbamates (subject to hydrolysis) is 1. The number of amides is 3. The van der Waals surface area contributed by atoms with Crippen LogP contribution in [0.1, 0.15) is 51.8 Å². The molecule has 0 saturated heterocycles. The fourth-order valence-electron chi connectivity index (χ4n) is 2.79. The normalized spacial score (nSPS) is 12.0. The SMILES string of the molecule is CCOC(=O)NC(=O)CN(CC)CC(=O)N[C@@H](C)c1ccc(CC(C)C)cc1. The molecule has 0 unspecified atom stereocenters. The molecule has 2 N–H and O–H groups in total. The quantitative estimate of drug-likeness (QED) is 0.640. The van der Waals surface area contributed by atoms with E-state index in [0.717, 1.165) is 12.0 Å². The van der Waals surface area contributed by atoms with E-state index in [2.05, 4.69) is 41.4 Å². The summed E-state index contributed by atoms with van der Waals surface area (Å²) in [7, 11) is 0. The van der Waals surface area contributed by atoms with E-state index in [1.165, 1.54) is 5.56 Å². The molecule has 0 aliphatic heterocycles. The van der Waals surface area contributed by atoms with Crippen molar-refractivity contribution >= 4 is 17.9 Å². The molecule has 0 aromatic heterocycles. The van der Waals surface area contributed by atoms with Crippen LogP contribution in [0.5, 0.6) is 0 Å². The molecule has 0 aliphatic rings. The molecule has 156 valence electrons. The van der Waals surface area contributed by atoms with Gasteiger partial charge in [-0.25, -0.2) is 4.79 Å². The van der Waals surface area contributed by atoms with Crippen molar-refractivity contribution in [1.29, 1.82) is 0 Å². The predicted octanol–water partition coefficient (Wildman–Crippen LogP) is 2.66. The minimum Gasteiger partial charge on any atom is -0.450 e. The van der Waals surface area contributed by atoms with Gasteiger partial charge in [0, 0.05) is 0 Å². The number of nitrogens with one attached hydrogen (secondary N) is 2. The van der Waals surface area contributed by atoms with Gasteiger partial charge in [-0.05, 0) is 43.9 Å². The van der Waals surface area contributed by atoms with E-state index in [-0.39, 0.29) is 31.6 Å². The molecule has 0 bridgehead atoms. The summed E-state index contributed by atoms with van der Waals surface area (Å²) in [5.74, 6) is -0.0736. The Bertz CT molecular complexity index is 644. The Morgan fingerprint density at radius 1 is 1.00 bits per heavy atom. The van der Waals surface area contributed by atoms with Gasteiger partial charge in [0.25, 0.3) is 0 Å². The van der Waals surface area contributed by atoms with E-state index in [9.17, 15) is 14.4 Å². The summed E-state index contributed by atoms with van der Waals surface area (Å²) < 4.78 is 4.67. The highest BCUT2D eigenvalue weighted by molar-refractivity contribution is 5.93. The Morgan fingerprint density at radius 2 is 1.61 bits per heavy atom. The fraction of sp³-hybridized carbons (Fsp3) is 0.571. The summed E-state index contributed by atoms with van der Waals surface area (Å²) in [6.45, 7) is 10.5. The summed E-state index contributed by atoms with van der Waals surface area (Å²) in [5.41, 5.74) is 2.31. The molecule has 3 amide bonds. The van der Waals surface area contributed by atoms with Crippen molar-refractivity contribution in [3.05, 3.63) is 35.4 Å². The molecule has 1 aromatic carbocycles. The average molecular weight is 392 g/mol. The van der Waals surface area contributed by atoms with Crippen molar-refractivity contribution in [2.75, 3.05) is 26.2 Å². The van der Waals surface area contributed by atoms with Crippen LogP contribution in [0.3, 0.4) is 0 Å². The maximum Gasteiger partial charge on any atom is 0.413 e. The molecule has 0 fully saturated rings. The number of nitrogens with zero attached hydrogens (tertiary/aromatic N) is 1. The zero-order valence-electron chi connectivity index (χ0n) is 17.6. The van der Waals surface area contributed by atoms with Crippen LogP contribution >= 0.6 is 0 Å². The number of ether oxygens (including phenoxy) is 1. The van der Waals surface area contributed by atoms with Crippen LogP contribution in [0.25, 0.3) is 0 Å². The lowest BCUT2D eigenvalue weighted by Gasteiger charge is -2.21. The first-order chi connectivity index (χ1) is 13.2. The maximum atomic E-state index is 12.3. The second-order valence-corrected chi connectivity index (χ2v) is 7.20. The number of rotatable bonds is 10. The number of likely N-dealkylation sites (N-methyl/N-ethyl adjacent to an activating group) is 1. The minimum absolute atomic E-state index is 0.0545. The van der Waals surface area contributed by atoms with Crippen LogP contribution in [0, 0.1) is 5.92 Å². The number of carbonyl (C=O) groups excluding carboxylic acids is 3. The van der Waals surface area contributed by atoms with Crippen LogP contribution in [0.15, 0.2) is 24.3 Å². The van der Waals surface area contributed by atoms with Crippen molar-refractivity contribution in [2.24, 2.45) is 5.92 Å². The van der Waals surface area contributed by atoms with Gasteiger partial charge in [0.2, 0.25) is 11.8 Å². The number of imide groups is 1. The van der Waals surface area contributed by atoms with Gasteiger partial charge in [-0.2, -0.15) is 0 Å². The van der Waals surface area contributed by atoms with E-state index in [1.807, 2.05) is 26.0 Å². The molecule has 1 rings (SSSR count). The van der Waals surface area contributed by atoms with Gasteiger partial charge in [-0.15, -0.1) is 0 Å². The molecule has 7 nitrogen and oxygen atoms in total. The van der Waals surface area contributed by atoms with E-state index in [1.54, 1.807) is 11.8 Å². The largest absolute Gasteiger partial charge is 0.450 e. The second-order valence-electron chi connectivity index (χ2n) is 7.20. The number of hydrogen-bond acceptors (Lipinski definition) is 5. The third kappa shape index (κ3) is 8.99. The monoisotopic (exact) mass is 391 g/mol. The predicted molar refractivity (Wildman–Crippen MR) is 109 cm³/mol. The molecular weight excluding hydrogens is 358 g/mol. The Labute approximate surface area is 167 Å². The van der Waals surface area contributed by atoms with Gasteiger partial charge in [0.15, 0.2) is 0 Å². The molecule has 0 spiro atoms. The van der Waals surface area contributed by atoms with Crippen molar-refractivity contribution in [2.45, 2.75) is 47.1 Å². The summed E-state index contributed by atoms with van der Waals surface area (Å²) >= 11 is 0. The van der Waals surface area contributed by atoms with Crippen molar-refractivity contribution < 1.29 is 19.1 Å². The van der Waals surface area contributed by atoms with Crippen LogP contribution in [0.4, 0.5) is 4.79 Å². The molecule has 28 heavy (non-hydrogen) atoms. The molecule has 0 saturated carbocycles. The third-order valence-corrected chi connectivity index (χ3v) is 4.20. The van der Waals surface area contributed by atoms with Gasteiger partial charge >= 0.3 is 6.09 Å². The summed E-state index contributed by atoms with van der Waals surface area (Å²) in [5, 5.41) is 5.08. The summed E-state index contributed by atoms with van der Waals surface area (Å²) in [4.78, 5) is 37.1. The first-order valence-corrected chi connectivity index (χ1v) is 9.82. The highest BCUT2D eigenvalue weighted by atomic mass is 16.5. The minimum atomic E-state index is -0.775. The van der Waals surface area contributed by atoms with Crippen LogP contribution in [-0.4, -0.2) is 49.0 Å². The first kappa shape index (κ1) is 23.6. The van der Waals surface area contributed by atoms with Crippen LogP contribution in [-0.2, 0) is 20.7 Å². The molecule has 0 heterocycles. The number of hydrogen-bond donors (Lipinski definition) is 2. The van der Waals surface area contributed by atoms with Gasteiger partial charge in [-0.3, -0.25) is 19.8 Å². The smallest absolute Gasteiger partial charge is 0.413 e. The Morgan fingerprint density at radius 3 is 2.14 bits per heavy atom. The van der Waals surface area contributed by atoms with E-state index in [4.69, 9.17) is 0 Å². The lowest BCUT2D eigenvalue weighted by Crippen LogP contribution is -2.44. The van der Waals surface area contributed by atoms with Gasteiger partial charge < -0.3 is 10.1 Å². The molecule has 0 radical (unpaired) electrons. The Kier molecular flexibility index (Phi) is 10.2. The number of benzene rings is 1. The summed E-state index contributed by atoms with van der Waals surface area (Å²) in [6, 6.07) is 8.12. The molecular formula is C21H33N3O4. The Balaban J connectivity index is 2.51. The molecule has 0 aliphatic carbocycles. The van der Waals surface area contributed by atoms with Crippen molar-refractivity contribution in [1.82, 2.24) is 15.5 Å². The molecule has 7 heteroatoms. The first-order valence-electron chi connectivity index (χ1n) is 9.82. The average Bonchev–Trinajstić information content (AvgIpc) is 2.61. The van der Waals surface area contributed by atoms with E-state index in [0.29, 0.717) is 12.5 Å². The zero-order valence-corrected chi connectivity index (χ0v) is 17.6. The second kappa shape index (κ2) is 12.1. The summed E-state index contributed by atoms with van der Waals surface area (Å²) in [6.07, 6.45) is 0.253. The van der Waals surface area contributed by atoms with Gasteiger partial charge in [0.05, 0.1) is 25.7 Å². The highest BCUT2D eigenvalue weighted by Crippen LogP contribution is 2.15. The highest BCUT2D eigenvalue weighted by Gasteiger charge is 2.17. The van der Waals surface area contributed by atoms with Crippen molar-refractivity contribution in [3.8, 4) is 0 Å². The van der Waals surface area contributed by atoms with Crippen molar-refractivity contribution in [3.63, 3.8) is 0 Å². The maximum absolute atomic E-state index is 12.3. The van der Waals surface area contributed by atoms with Crippen LogP contribution < -0.4 is 10.6 Å². The van der Waals surface area contributed by atoms with E-state index >= 15 is 0 Å². The standard InChI is InChI=1S/C21H33N3O4/c1-6-24(14-20(26)23-21(27)28-7-2)13-19(25)22-16(5)18-10-8-17(9-11-18)12-15(3)4/h8-11,15-16H,6-7,12-14H2,1-5H3,(H,22,25)(H,23,26,27)/t16-/m0/s1. The Hall–Kier alpha value is -2.41.